The Hall–Kier alpha value is -3.53. The largest absolute Gasteiger partial charge is 0.381 e. The first-order valence-electron chi connectivity index (χ1n) is 15.0. The highest BCUT2D eigenvalue weighted by atomic mass is 32.2. The minimum Gasteiger partial charge on any atom is -0.381 e. The first-order valence-corrected chi connectivity index (χ1v) is 18.1. The molecule has 2 saturated heterocycles. The van der Waals surface area contributed by atoms with Crippen LogP contribution in [0.2, 0.25) is 0 Å². The fourth-order valence-electron chi connectivity index (χ4n) is 5.85. The minimum atomic E-state index is -3.20. The highest BCUT2D eigenvalue weighted by Gasteiger charge is 2.34. The van der Waals surface area contributed by atoms with E-state index in [1.54, 1.807) is 25.6 Å². The molecule has 3 N–H and O–H groups in total. The van der Waals surface area contributed by atoms with Gasteiger partial charge in [0.2, 0.25) is 0 Å². The van der Waals surface area contributed by atoms with E-state index >= 15 is 0 Å². The second-order valence-electron chi connectivity index (χ2n) is 11.2. The first kappa shape index (κ1) is 33.8. The SMILES string of the molecule is C=C/C=C(\c1c(S(C)=O)n(CC2CCOCC2)c2cc(-c3c(C(O)(O)O)nnn3C)cnc12)N1CCS(=O)CC1.c1ccccc1. The Morgan fingerprint density at radius 1 is 1.13 bits per heavy atom. The molecule has 1 aromatic carbocycles. The maximum atomic E-state index is 13.5. The third-order valence-electron chi connectivity index (χ3n) is 8.04. The van der Waals surface area contributed by atoms with Crippen molar-refractivity contribution in [2.45, 2.75) is 30.4 Å². The van der Waals surface area contributed by atoms with Crippen LogP contribution >= 0.6 is 0 Å². The average Bonchev–Trinajstić information content (AvgIpc) is 3.60. The lowest BCUT2D eigenvalue weighted by Gasteiger charge is -2.31. The second kappa shape index (κ2) is 14.9. The van der Waals surface area contributed by atoms with Crippen LogP contribution in [0.5, 0.6) is 0 Å². The van der Waals surface area contributed by atoms with Gasteiger partial charge in [0.1, 0.15) is 10.7 Å². The quantitative estimate of drug-likeness (QED) is 0.188. The molecule has 0 saturated carbocycles. The van der Waals surface area contributed by atoms with Crippen LogP contribution in [0.15, 0.2) is 72.4 Å². The number of nitrogens with zero attached hydrogens (tertiary/aromatic N) is 6. The Balaban J connectivity index is 0.000000624. The summed E-state index contributed by atoms with van der Waals surface area (Å²) in [7, 11) is -0.709. The number of rotatable bonds is 8. The van der Waals surface area contributed by atoms with Crippen LogP contribution in [0.4, 0.5) is 0 Å². The van der Waals surface area contributed by atoms with Crippen LogP contribution in [0.3, 0.4) is 0 Å². The topological polar surface area (TPSA) is 156 Å². The minimum absolute atomic E-state index is 0.182. The van der Waals surface area contributed by atoms with Gasteiger partial charge >= 0.3 is 5.97 Å². The van der Waals surface area contributed by atoms with Gasteiger partial charge in [0, 0.05) is 85.9 Å². The van der Waals surface area contributed by atoms with Gasteiger partial charge in [0.05, 0.1) is 27.4 Å². The van der Waals surface area contributed by atoms with Gasteiger partial charge in [-0.15, -0.1) is 5.10 Å². The lowest BCUT2D eigenvalue weighted by atomic mass is 10.0. The molecule has 0 amide bonds. The Morgan fingerprint density at radius 2 is 1.76 bits per heavy atom. The molecule has 4 aromatic rings. The average molecular weight is 669 g/mol. The van der Waals surface area contributed by atoms with E-state index in [-0.39, 0.29) is 5.69 Å². The van der Waals surface area contributed by atoms with Gasteiger partial charge < -0.3 is 29.5 Å². The zero-order valence-electron chi connectivity index (χ0n) is 26.0. The first-order chi connectivity index (χ1) is 22.1. The van der Waals surface area contributed by atoms with Gasteiger partial charge in [-0.25, -0.2) is 4.68 Å². The highest BCUT2D eigenvalue weighted by Crippen LogP contribution is 2.38. The van der Waals surface area contributed by atoms with Crippen LogP contribution < -0.4 is 0 Å². The lowest BCUT2D eigenvalue weighted by Crippen LogP contribution is -2.36. The molecule has 0 radical (unpaired) electrons. The lowest BCUT2D eigenvalue weighted by molar-refractivity contribution is -0.325. The Morgan fingerprint density at radius 3 is 2.33 bits per heavy atom. The van der Waals surface area contributed by atoms with Gasteiger partial charge in [-0.3, -0.25) is 13.4 Å². The van der Waals surface area contributed by atoms with Crippen molar-refractivity contribution in [2.75, 3.05) is 44.1 Å². The van der Waals surface area contributed by atoms with Gasteiger partial charge in [0.15, 0.2) is 5.69 Å². The molecule has 2 aliphatic heterocycles. The summed E-state index contributed by atoms with van der Waals surface area (Å²) < 4.78 is 34.6. The summed E-state index contributed by atoms with van der Waals surface area (Å²) in [5.74, 6) is -1.82. The number of benzene rings is 1. The van der Waals surface area contributed by atoms with E-state index in [4.69, 9.17) is 9.72 Å². The molecule has 0 bridgehead atoms. The summed E-state index contributed by atoms with van der Waals surface area (Å²) in [6.45, 7) is 6.99. The molecule has 2 aliphatic rings. The number of fused-ring (bicyclic) bond motifs is 1. The summed E-state index contributed by atoms with van der Waals surface area (Å²) in [5, 5.41) is 38.0. The van der Waals surface area contributed by atoms with E-state index in [1.807, 2.05) is 53.1 Å². The normalized spacial score (nSPS) is 17.5. The molecule has 5 heterocycles. The van der Waals surface area contributed by atoms with Crippen molar-refractivity contribution in [3.8, 4) is 11.3 Å². The van der Waals surface area contributed by atoms with Crippen LogP contribution in [0.25, 0.3) is 28.0 Å². The monoisotopic (exact) mass is 668 g/mol. The number of pyridine rings is 1. The standard InChI is InChI=1S/C26H34N6O6S2.C6H6/c1-4-5-19(31-8-12-40(37)13-9-31)21-22-20(32(25(21)39(3)36)16-17-6-10-38-11-7-17)14-18(15-27-22)23-24(26(33,34)35)28-29-30(23)2;1-2-4-6-5-3-1/h4-5,14-15,17,33-35H,1,6-13,16H2,2-3H3;1-6H/b19-5+;. The van der Waals surface area contributed by atoms with Crippen molar-refractivity contribution in [3.05, 3.63) is 78.6 Å². The Kier molecular flexibility index (Phi) is 11.0. The molecule has 12 nitrogen and oxygen atoms in total. The highest BCUT2D eigenvalue weighted by molar-refractivity contribution is 7.85. The zero-order valence-corrected chi connectivity index (χ0v) is 27.6. The summed E-state index contributed by atoms with van der Waals surface area (Å²) in [4.78, 5) is 6.96. The van der Waals surface area contributed by atoms with E-state index < -0.39 is 33.3 Å². The molecule has 14 heteroatoms. The summed E-state index contributed by atoms with van der Waals surface area (Å²) >= 11 is 0. The summed E-state index contributed by atoms with van der Waals surface area (Å²) in [5.41, 5.74) is 3.08. The predicted molar refractivity (Wildman–Crippen MR) is 178 cm³/mol. The summed E-state index contributed by atoms with van der Waals surface area (Å²) in [6.07, 6.45) is 8.51. The van der Waals surface area contributed by atoms with E-state index in [0.717, 1.165) is 24.1 Å². The molecule has 46 heavy (non-hydrogen) atoms. The maximum Gasteiger partial charge on any atom is 0.326 e. The number of aliphatic hydroxyl groups is 3. The van der Waals surface area contributed by atoms with Crippen LogP contribution in [0.1, 0.15) is 24.1 Å². The molecule has 6 rings (SSSR count). The number of hydrogen-bond donors (Lipinski definition) is 3. The molecule has 2 fully saturated rings. The molecule has 1 atom stereocenters. The van der Waals surface area contributed by atoms with Gasteiger partial charge in [0.25, 0.3) is 0 Å². The third kappa shape index (κ3) is 7.54. The van der Waals surface area contributed by atoms with E-state index in [0.29, 0.717) is 71.9 Å². The molecule has 3 aromatic heterocycles. The van der Waals surface area contributed by atoms with Crippen LogP contribution in [0, 0.1) is 5.92 Å². The number of aromatic nitrogens is 5. The van der Waals surface area contributed by atoms with Gasteiger partial charge in [-0.2, -0.15) is 0 Å². The number of hydrogen-bond acceptors (Lipinski definition) is 10. The van der Waals surface area contributed by atoms with Crippen molar-refractivity contribution < 1.29 is 28.5 Å². The number of allylic oxidation sites excluding steroid dienone is 2. The van der Waals surface area contributed by atoms with Crippen molar-refractivity contribution in [3.63, 3.8) is 0 Å². The Bertz CT molecular complexity index is 1700. The summed E-state index contributed by atoms with van der Waals surface area (Å²) in [6, 6.07) is 13.8. The van der Waals surface area contributed by atoms with E-state index in [2.05, 4.69) is 21.8 Å². The molecular weight excluding hydrogens is 629 g/mol. The Labute approximate surface area is 272 Å². The molecule has 246 valence electrons. The fourth-order valence-corrected chi connectivity index (χ4v) is 7.88. The molecule has 1 unspecified atom stereocenters. The molecular formula is C32H40N6O6S2. The second-order valence-corrected chi connectivity index (χ2v) is 14.2. The van der Waals surface area contributed by atoms with Crippen molar-refractivity contribution in [1.29, 1.82) is 0 Å². The third-order valence-corrected chi connectivity index (χ3v) is 10.3. The van der Waals surface area contributed by atoms with E-state index in [9.17, 15) is 23.7 Å². The zero-order chi connectivity index (χ0) is 32.8. The molecule has 0 aliphatic carbocycles. The van der Waals surface area contributed by atoms with Crippen molar-refractivity contribution >= 4 is 38.3 Å². The number of ether oxygens (including phenoxy) is 1. The molecule has 0 spiro atoms. The van der Waals surface area contributed by atoms with Crippen LogP contribution in [-0.4, -0.2) is 97.2 Å². The van der Waals surface area contributed by atoms with Gasteiger partial charge in [-0.05, 0) is 30.9 Å². The fraction of sp³-hybridized carbons (Fsp3) is 0.406. The van der Waals surface area contributed by atoms with Crippen LogP contribution in [-0.2, 0) is 45.9 Å². The van der Waals surface area contributed by atoms with Gasteiger partial charge in [-0.1, -0.05) is 54.3 Å². The van der Waals surface area contributed by atoms with E-state index in [1.165, 1.54) is 4.68 Å². The van der Waals surface area contributed by atoms with Crippen molar-refractivity contribution in [1.82, 2.24) is 29.4 Å². The smallest absolute Gasteiger partial charge is 0.326 e. The maximum absolute atomic E-state index is 13.5. The van der Waals surface area contributed by atoms with Crippen molar-refractivity contribution in [2.24, 2.45) is 13.0 Å². The number of aryl methyl sites for hydroxylation is 1. The predicted octanol–water partition coefficient (Wildman–Crippen LogP) is 2.36.